The fraction of sp³-hybridized carbons (Fsp3) is 0.393. The standard InChI is InChI=1S/C28H32N6O4/c1-20-27(19-30-34(20)24-4-6-25(36-2)7-5-24)38-28(35)31-22-3-8-26(21(17-22)18-29)33-11-9-23(10-12-33)32-13-15-37-16-14-32/h3-8,17,19,23H,9-16H2,1-2H3,(H,31,35). The lowest BCUT2D eigenvalue weighted by Crippen LogP contribution is -2.49. The Morgan fingerprint density at radius 3 is 2.53 bits per heavy atom. The van der Waals surface area contributed by atoms with Crippen LogP contribution < -0.4 is 19.7 Å². The summed E-state index contributed by atoms with van der Waals surface area (Å²) < 4.78 is 17.9. The van der Waals surface area contributed by atoms with Crippen molar-refractivity contribution in [3.05, 3.63) is 59.9 Å². The number of hydrogen-bond donors (Lipinski definition) is 1. The van der Waals surface area contributed by atoms with Gasteiger partial charge >= 0.3 is 6.09 Å². The molecule has 0 atom stereocenters. The largest absolute Gasteiger partial charge is 0.497 e. The third-order valence-corrected chi connectivity index (χ3v) is 7.22. The maximum Gasteiger partial charge on any atom is 0.417 e. The number of nitrogens with zero attached hydrogens (tertiary/aromatic N) is 5. The lowest BCUT2D eigenvalue weighted by atomic mass is 10.0. The smallest absolute Gasteiger partial charge is 0.417 e. The number of carbonyl (C=O) groups excluding carboxylic acids is 1. The fourth-order valence-corrected chi connectivity index (χ4v) is 5.12. The van der Waals surface area contributed by atoms with Crippen LogP contribution in [0.1, 0.15) is 24.1 Å². The van der Waals surface area contributed by atoms with Gasteiger partial charge in [0.15, 0.2) is 5.75 Å². The second-order valence-electron chi connectivity index (χ2n) is 9.43. The Labute approximate surface area is 222 Å². The van der Waals surface area contributed by atoms with Crippen LogP contribution >= 0.6 is 0 Å². The highest BCUT2D eigenvalue weighted by molar-refractivity contribution is 5.87. The third-order valence-electron chi connectivity index (χ3n) is 7.22. The van der Waals surface area contributed by atoms with E-state index in [1.54, 1.807) is 23.9 Å². The van der Waals surface area contributed by atoms with Gasteiger partial charge in [0, 0.05) is 37.9 Å². The SMILES string of the molecule is COc1ccc(-n2ncc(OC(=O)Nc3ccc(N4CCC(N5CCOCC5)CC4)c(C#N)c3)c2C)cc1. The van der Waals surface area contributed by atoms with E-state index < -0.39 is 6.09 Å². The Morgan fingerprint density at radius 2 is 1.84 bits per heavy atom. The number of piperidine rings is 1. The van der Waals surface area contributed by atoms with Gasteiger partial charge in [-0.05, 0) is 62.2 Å². The van der Waals surface area contributed by atoms with Crippen LogP contribution in [-0.4, -0.2) is 73.3 Å². The first-order valence-corrected chi connectivity index (χ1v) is 12.8. The summed E-state index contributed by atoms with van der Waals surface area (Å²) in [4.78, 5) is 17.4. The summed E-state index contributed by atoms with van der Waals surface area (Å²) in [7, 11) is 1.61. The highest BCUT2D eigenvalue weighted by Crippen LogP contribution is 2.29. The second-order valence-corrected chi connectivity index (χ2v) is 9.43. The summed E-state index contributed by atoms with van der Waals surface area (Å²) in [5, 5.41) is 16.9. The number of nitrogens with one attached hydrogen (secondary N) is 1. The summed E-state index contributed by atoms with van der Waals surface area (Å²) in [5.74, 6) is 1.09. The average Bonchev–Trinajstić information content (AvgIpc) is 3.32. The normalized spacial score (nSPS) is 16.6. The molecule has 3 heterocycles. The molecule has 0 saturated carbocycles. The molecule has 0 bridgehead atoms. The van der Waals surface area contributed by atoms with Crippen molar-refractivity contribution in [2.24, 2.45) is 0 Å². The molecule has 2 aliphatic rings. The molecule has 5 rings (SSSR count). The number of aromatic nitrogens is 2. The molecule has 2 aromatic carbocycles. The lowest BCUT2D eigenvalue weighted by Gasteiger charge is -2.41. The molecule has 1 aromatic heterocycles. The Hall–Kier alpha value is -4.07. The fourth-order valence-electron chi connectivity index (χ4n) is 5.12. The van der Waals surface area contributed by atoms with Gasteiger partial charge in [0.1, 0.15) is 11.8 Å². The van der Waals surface area contributed by atoms with Gasteiger partial charge in [0.05, 0.1) is 49.2 Å². The van der Waals surface area contributed by atoms with Crippen molar-refractivity contribution in [2.75, 3.05) is 56.7 Å². The van der Waals surface area contributed by atoms with E-state index in [-0.39, 0.29) is 0 Å². The molecule has 10 nitrogen and oxygen atoms in total. The molecule has 0 aliphatic carbocycles. The topological polar surface area (TPSA) is 105 Å². The van der Waals surface area contributed by atoms with E-state index in [1.165, 1.54) is 6.20 Å². The molecule has 2 saturated heterocycles. The molecule has 1 amide bonds. The molecule has 0 unspecified atom stereocenters. The Balaban J connectivity index is 1.20. The number of methoxy groups -OCH3 is 1. The number of benzene rings is 2. The van der Waals surface area contributed by atoms with E-state index in [2.05, 4.69) is 26.3 Å². The summed E-state index contributed by atoms with van der Waals surface area (Å²) in [6.45, 7) is 7.20. The quantitative estimate of drug-likeness (QED) is 0.525. The number of carbonyl (C=O) groups is 1. The van der Waals surface area contributed by atoms with Gasteiger partial charge in [-0.25, -0.2) is 9.48 Å². The molecule has 10 heteroatoms. The predicted molar refractivity (Wildman–Crippen MR) is 143 cm³/mol. The lowest BCUT2D eigenvalue weighted by molar-refractivity contribution is 0.0115. The van der Waals surface area contributed by atoms with Gasteiger partial charge in [-0.15, -0.1) is 0 Å². The summed E-state index contributed by atoms with van der Waals surface area (Å²) >= 11 is 0. The Morgan fingerprint density at radius 1 is 1.11 bits per heavy atom. The highest BCUT2D eigenvalue weighted by Gasteiger charge is 2.27. The number of nitriles is 1. The van der Waals surface area contributed by atoms with E-state index in [4.69, 9.17) is 14.2 Å². The van der Waals surface area contributed by atoms with E-state index >= 15 is 0 Å². The van der Waals surface area contributed by atoms with Gasteiger partial charge < -0.3 is 19.1 Å². The van der Waals surface area contributed by atoms with Crippen LogP contribution in [0, 0.1) is 18.3 Å². The number of ether oxygens (including phenoxy) is 3. The van der Waals surface area contributed by atoms with Crippen molar-refractivity contribution in [2.45, 2.75) is 25.8 Å². The van der Waals surface area contributed by atoms with Crippen molar-refractivity contribution < 1.29 is 19.0 Å². The van der Waals surface area contributed by atoms with Crippen molar-refractivity contribution in [3.8, 4) is 23.3 Å². The first kappa shape index (κ1) is 25.6. The Bertz CT molecular complexity index is 1300. The monoisotopic (exact) mass is 516 g/mol. The van der Waals surface area contributed by atoms with Gasteiger partial charge in [-0.2, -0.15) is 10.4 Å². The molecule has 198 valence electrons. The number of morpholine rings is 1. The molecule has 0 radical (unpaired) electrons. The minimum absolute atomic E-state index is 0.346. The van der Waals surface area contributed by atoms with Crippen LogP contribution in [-0.2, 0) is 4.74 Å². The van der Waals surface area contributed by atoms with E-state index in [9.17, 15) is 10.1 Å². The average molecular weight is 517 g/mol. The molecule has 0 spiro atoms. The number of amides is 1. The van der Waals surface area contributed by atoms with Crippen LogP contribution in [0.4, 0.5) is 16.2 Å². The minimum Gasteiger partial charge on any atom is -0.497 e. The molecule has 38 heavy (non-hydrogen) atoms. The first-order valence-electron chi connectivity index (χ1n) is 12.8. The molecule has 1 N–H and O–H groups in total. The molecule has 3 aromatic rings. The van der Waals surface area contributed by atoms with Crippen LogP contribution in [0.3, 0.4) is 0 Å². The van der Waals surface area contributed by atoms with Crippen LogP contribution in [0.15, 0.2) is 48.7 Å². The second kappa shape index (κ2) is 11.5. The maximum atomic E-state index is 12.6. The minimum atomic E-state index is -0.648. The number of hydrogen-bond acceptors (Lipinski definition) is 8. The van der Waals surface area contributed by atoms with Crippen molar-refractivity contribution in [1.29, 1.82) is 5.26 Å². The van der Waals surface area contributed by atoms with Crippen molar-refractivity contribution in [1.82, 2.24) is 14.7 Å². The predicted octanol–water partition coefficient (Wildman–Crippen LogP) is 3.97. The number of anilines is 2. The van der Waals surface area contributed by atoms with Crippen molar-refractivity contribution in [3.63, 3.8) is 0 Å². The zero-order chi connectivity index (χ0) is 26.5. The van der Waals surface area contributed by atoms with Crippen LogP contribution in [0.2, 0.25) is 0 Å². The first-order chi connectivity index (χ1) is 18.6. The summed E-state index contributed by atoms with van der Waals surface area (Å²) in [6.07, 6.45) is 2.97. The van der Waals surface area contributed by atoms with Gasteiger partial charge in [0.2, 0.25) is 0 Å². The molecular formula is C28H32N6O4. The van der Waals surface area contributed by atoms with E-state index in [1.807, 2.05) is 37.3 Å². The van der Waals surface area contributed by atoms with E-state index in [0.29, 0.717) is 28.7 Å². The zero-order valence-corrected chi connectivity index (χ0v) is 21.7. The van der Waals surface area contributed by atoms with Gasteiger partial charge in [-0.1, -0.05) is 0 Å². The third kappa shape index (κ3) is 5.59. The highest BCUT2D eigenvalue weighted by atomic mass is 16.6. The van der Waals surface area contributed by atoms with Crippen molar-refractivity contribution >= 4 is 17.5 Å². The molecule has 2 aliphatic heterocycles. The summed E-state index contributed by atoms with van der Waals surface area (Å²) in [5.41, 5.74) is 3.42. The van der Waals surface area contributed by atoms with Gasteiger partial charge in [-0.3, -0.25) is 10.2 Å². The van der Waals surface area contributed by atoms with Gasteiger partial charge in [0.25, 0.3) is 0 Å². The van der Waals surface area contributed by atoms with E-state index in [0.717, 1.165) is 69.4 Å². The van der Waals surface area contributed by atoms with Crippen LogP contribution in [0.5, 0.6) is 11.5 Å². The maximum absolute atomic E-state index is 12.6. The zero-order valence-electron chi connectivity index (χ0n) is 21.7. The Kier molecular flexibility index (Phi) is 7.77. The molecule has 2 fully saturated rings. The molecular weight excluding hydrogens is 484 g/mol. The van der Waals surface area contributed by atoms with Crippen LogP contribution in [0.25, 0.3) is 5.69 Å². The summed E-state index contributed by atoms with van der Waals surface area (Å²) in [6, 6.07) is 15.7. The number of rotatable bonds is 6.